The van der Waals surface area contributed by atoms with Crippen molar-refractivity contribution in [2.75, 3.05) is 22.9 Å². The van der Waals surface area contributed by atoms with Gasteiger partial charge in [0.15, 0.2) is 0 Å². The average Bonchev–Trinajstić information content (AvgIpc) is 2.96. The maximum Gasteiger partial charge on any atom is 0.329 e. The molecule has 1 heterocycles. The van der Waals surface area contributed by atoms with Crippen LogP contribution in [-0.4, -0.2) is 25.0 Å². The monoisotopic (exact) mass is 387 g/mol. The molecule has 2 aromatic carbocycles. The second-order valence-corrected chi connectivity index (χ2v) is 6.61. The Morgan fingerprint density at radius 2 is 1.46 bits per heavy atom. The zero-order chi connectivity index (χ0) is 17.1. The summed E-state index contributed by atoms with van der Waals surface area (Å²) in [5, 5.41) is 0. The van der Waals surface area contributed by atoms with E-state index in [0.29, 0.717) is 25.9 Å². The van der Waals surface area contributed by atoms with E-state index in [2.05, 4.69) is 15.9 Å². The minimum absolute atomic E-state index is 0.0257. The van der Waals surface area contributed by atoms with Gasteiger partial charge in [-0.1, -0.05) is 28.1 Å². The molecule has 0 spiro atoms. The summed E-state index contributed by atoms with van der Waals surface area (Å²) in [5.41, 5.74) is 7.96. The number of hydrogen-bond donors (Lipinski definition) is 1. The number of benzene rings is 2. The summed E-state index contributed by atoms with van der Waals surface area (Å²) in [6.07, 6.45) is 0.952. The lowest BCUT2D eigenvalue weighted by molar-refractivity contribution is -0.117. The first-order valence-electron chi connectivity index (χ1n) is 7.76. The standard InChI is InChI=1S/C18H18BrN3O2/c19-14-4-8-16(9-5-14)22-12-11-21(18(22)24)15-6-1-13(2-7-15)3-10-17(20)23/h1-2,4-9H,3,10-12H2,(H2,20,23). The first kappa shape index (κ1) is 16.5. The van der Waals surface area contributed by atoms with Crippen LogP contribution in [-0.2, 0) is 11.2 Å². The highest BCUT2D eigenvalue weighted by atomic mass is 79.9. The van der Waals surface area contributed by atoms with Gasteiger partial charge in [0, 0.05) is 35.4 Å². The number of carbonyl (C=O) groups is 2. The minimum atomic E-state index is -0.307. The Labute approximate surface area is 149 Å². The summed E-state index contributed by atoms with van der Waals surface area (Å²) in [4.78, 5) is 27.0. The molecule has 1 aliphatic rings. The molecule has 1 saturated heterocycles. The van der Waals surface area contributed by atoms with Crippen LogP contribution in [0.2, 0.25) is 0 Å². The van der Waals surface area contributed by atoms with Crippen LogP contribution in [0.3, 0.4) is 0 Å². The van der Waals surface area contributed by atoms with Crippen molar-refractivity contribution >= 4 is 39.2 Å². The smallest absolute Gasteiger partial charge is 0.329 e. The highest BCUT2D eigenvalue weighted by molar-refractivity contribution is 9.10. The fourth-order valence-electron chi connectivity index (χ4n) is 2.75. The van der Waals surface area contributed by atoms with Crippen molar-refractivity contribution in [2.45, 2.75) is 12.8 Å². The highest BCUT2D eigenvalue weighted by Gasteiger charge is 2.30. The van der Waals surface area contributed by atoms with Crippen molar-refractivity contribution in [3.05, 3.63) is 58.6 Å². The van der Waals surface area contributed by atoms with Crippen LogP contribution in [0.25, 0.3) is 0 Å². The zero-order valence-electron chi connectivity index (χ0n) is 13.1. The van der Waals surface area contributed by atoms with E-state index in [1.165, 1.54) is 0 Å². The Balaban J connectivity index is 1.70. The molecule has 2 N–H and O–H groups in total. The molecule has 0 saturated carbocycles. The minimum Gasteiger partial charge on any atom is -0.370 e. The third-order valence-electron chi connectivity index (χ3n) is 4.06. The maximum absolute atomic E-state index is 12.7. The predicted molar refractivity (Wildman–Crippen MR) is 98.2 cm³/mol. The molecule has 0 aromatic heterocycles. The third-order valence-corrected chi connectivity index (χ3v) is 4.58. The molecule has 0 bridgehead atoms. The van der Waals surface area contributed by atoms with Gasteiger partial charge in [0.2, 0.25) is 5.91 Å². The van der Waals surface area contributed by atoms with Crippen LogP contribution in [0.4, 0.5) is 16.2 Å². The highest BCUT2D eigenvalue weighted by Crippen LogP contribution is 2.26. The van der Waals surface area contributed by atoms with E-state index in [9.17, 15) is 9.59 Å². The Kier molecular flexibility index (Phi) is 4.85. The van der Waals surface area contributed by atoms with Crippen LogP contribution in [0.15, 0.2) is 53.0 Å². The van der Waals surface area contributed by atoms with Gasteiger partial charge in [-0.3, -0.25) is 14.6 Å². The number of anilines is 2. The number of nitrogens with zero attached hydrogens (tertiary/aromatic N) is 2. The normalized spacial score (nSPS) is 14.3. The number of urea groups is 1. The Bertz CT molecular complexity index is 744. The van der Waals surface area contributed by atoms with E-state index in [4.69, 9.17) is 5.73 Å². The molecule has 6 heteroatoms. The van der Waals surface area contributed by atoms with E-state index in [0.717, 1.165) is 21.4 Å². The van der Waals surface area contributed by atoms with E-state index >= 15 is 0 Å². The number of rotatable bonds is 5. The average molecular weight is 388 g/mol. The molecule has 0 aliphatic carbocycles. The van der Waals surface area contributed by atoms with Gasteiger partial charge >= 0.3 is 6.03 Å². The van der Waals surface area contributed by atoms with Gasteiger partial charge in [0.05, 0.1) is 0 Å². The summed E-state index contributed by atoms with van der Waals surface area (Å²) in [7, 11) is 0. The Morgan fingerprint density at radius 1 is 0.958 bits per heavy atom. The molecule has 124 valence electrons. The van der Waals surface area contributed by atoms with Crippen molar-refractivity contribution < 1.29 is 9.59 Å². The number of nitrogens with two attached hydrogens (primary N) is 1. The summed E-state index contributed by atoms with van der Waals surface area (Å²) in [6, 6.07) is 15.4. The quantitative estimate of drug-likeness (QED) is 0.854. The molecule has 5 nitrogen and oxygen atoms in total. The fourth-order valence-corrected chi connectivity index (χ4v) is 3.01. The van der Waals surface area contributed by atoms with Gasteiger partial charge in [-0.05, 0) is 48.4 Å². The predicted octanol–water partition coefficient (Wildman–Crippen LogP) is 3.31. The zero-order valence-corrected chi connectivity index (χ0v) is 14.7. The van der Waals surface area contributed by atoms with Crippen LogP contribution < -0.4 is 15.5 Å². The van der Waals surface area contributed by atoms with E-state index in [1.54, 1.807) is 9.80 Å². The van der Waals surface area contributed by atoms with Gasteiger partial charge in [-0.2, -0.15) is 0 Å². The van der Waals surface area contributed by atoms with E-state index < -0.39 is 0 Å². The Morgan fingerprint density at radius 3 is 1.96 bits per heavy atom. The largest absolute Gasteiger partial charge is 0.370 e. The number of primary amides is 1. The molecule has 0 atom stereocenters. The molecular weight excluding hydrogens is 370 g/mol. The number of amides is 3. The van der Waals surface area contributed by atoms with Crippen molar-refractivity contribution in [3.63, 3.8) is 0 Å². The van der Waals surface area contributed by atoms with Gasteiger partial charge < -0.3 is 5.73 Å². The first-order chi connectivity index (χ1) is 11.5. The Hall–Kier alpha value is -2.34. The molecule has 1 fully saturated rings. The maximum atomic E-state index is 12.7. The summed E-state index contributed by atoms with van der Waals surface area (Å²) in [5.74, 6) is -0.307. The number of hydrogen-bond acceptors (Lipinski definition) is 2. The van der Waals surface area contributed by atoms with Gasteiger partial charge in [-0.15, -0.1) is 0 Å². The molecule has 24 heavy (non-hydrogen) atoms. The van der Waals surface area contributed by atoms with Crippen LogP contribution in [0.5, 0.6) is 0 Å². The lowest BCUT2D eigenvalue weighted by atomic mass is 10.1. The second kappa shape index (κ2) is 7.05. The lowest BCUT2D eigenvalue weighted by Gasteiger charge is -2.19. The van der Waals surface area contributed by atoms with Gasteiger partial charge in [0.1, 0.15) is 0 Å². The molecule has 2 aromatic rings. The van der Waals surface area contributed by atoms with Crippen molar-refractivity contribution in [2.24, 2.45) is 5.73 Å². The van der Waals surface area contributed by atoms with Crippen molar-refractivity contribution in [1.29, 1.82) is 0 Å². The summed E-state index contributed by atoms with van der Waals surface area (Å²) in [6.45, 7) is 1.30. The van der Waals surface area contributed by atoms with Crippen LogP contribution in [0.1, 0.15) is 12.0 Å². The third kappa shape index (κ3) is 3.59. The van der Waals surface area contributed by atoms with Gasteiger partial charge in [-0.25, -0.2) is 4.79 Å². The number of halogens is 1. The van der Waals surface area contributed by atoms with E-state index in [1.807, 2.05) is 48.5 Å². The van der Waals surface area contributed by atoms with Crippen molar-refractivity contribution in [3.8, 4) is 0 Å². The topological polar surface area (TPSA) is 66.6 Å². The second-order valence-electron chi connectivity index (χ2n) is 5.70. The van der Waals surface area contributed by atoms with Crippen molar-refractivity contribution in [1.82, 2.24) is 0 Å². The number of carbonyl (C=O) groups excluding carboxylic acids is 2. The first-order valence-corrected chi connectivity index (χ1v) is 8.56. The lowest BCUT2D eigenvalue weighted by Crippen LogP contribution is -2.31. The molecular formula is C18H18BrN3O2. The van der Waals surface area contributed by atoms with E-state index in [-0.39, 0.29) is 11.9 Å². The molecule has 1 aliphatic heterocycles. The molecule has 0 unspecified atom stereocenters. The van der Waals surface area contributed by atoms with Crippen LogP contribution in [0, 0.1) is 0 Å². The fraction of sp³-hybridized carbons (Fsp3) is 0.222. The van der Waals surface area contributed by atoms with Gasteiger partial charge in [0.25, 0.3) is 0 Å². The van der Waals surface area contributed by atoms with Crippen LogP contribution >= 0.6 is 15.9 Å². The summed E-state index contributed by atoms with van der Waals surface area (Å²) >= 11 is 3.40. The summed E-state index contributed by atoms with van der Waals surface area (Å²) < 4.78 is 0.987. The molecule has 3 rings (SSSR count). The SMILES string of the molecule is NC(=O)CCc1ccc(N2CCN(c3ccc(Br)cc3)C2=O)cc1. The number of aryl methyl sites for hydroxylation is 1. The molecule has 3 amide bonds. The molecule has 0 radical (unpaired) electrons.